The number of pyridine rings is 2. The molecule has 0 spiro atoms. The Hall–Kier alpha value is -6.15. The van der Waals surface area contributed by atoms with Crippen molar-refractivity contribution in [3.05, 3.63) is 194 Å². The van der Waals surface area contributed by atoms with Crippen molar-refractivity contribution in [2.24, 2.45) is 0 Å². The molecule has 3 aromatic heterocycles. The first-order valence-electron chi connectivity index (χ1n) is 18.5. The fraction of sp³-hybridized carbons (Fsp3) is 0. The van der Waals surface area contributed by atoms with Gasteiger partial charge in [-0.1, -0.05) is 36.4 Å². The van der Waals surface area contributed by atoms with E-state index in [1.165, 1.54) is 59.4 Å². The Morgan fingerprint density at radius 1 is 0.418 bits per heavy atom. The summed E-state index contributed by atoms with van der Waals surface area (Å²) in [7, 11) is 0. The summed E-state index contributed by atoms with van der Waals surface area (Å²) >= 11 is 3.72. The van der Waals surface area contributed by atoms with Crippen LogP contribution < -0.4 is 15.9 Å². The molecule has 0 bridgehead atoms. The quantitative estimate of drug-likeness (QED) is 0.0753. The Morgan fingerprint density at radius 3 is 1.78 bits per heavy atom. The van der Waals surface area contributed by atoms with Gasteiger partial charge in [0.25, 0.3) is 0 Å². The maximum atomic E-state index is 5.26. The average molecular weight is 785 g/mol. The Balaban J connectivity index is 1.10. The van der Waals surface area contributed by atoms with Gasteiger partial charge in [0.2, 0.25) is 0 Å². The number of fused-ring (bicyclic) bond motifs is 10. The molecule has 0 aliphatic carbocycles. The molecular weight excluding hydrogens is 753 g/mol. The number of rotatable bonds is 5. The molecule has 0 N–H and O–H groups in total. The molecule has 8 aromatic carbocycles. The van der Waals surface area contributed by atoms with Crippen LogP contribution in [0.1, 0.15) is 0 Å². The number of nitrogens with zero attached hydrogens (tertiary/aromatic N) is 3. The van der Waals surface area contributed by atoms with Crippen molar-refractivity contribution in [1.29, 1.82) is 0 Å². The van der Waals surface area contributed by atoms with Crippen molar-refractivity contribution >= 4 is 96.4 Å². The van der Waals surface area contributed by atoms with Crippen LogP contribution >= 0.6 is 5.51 Å². The van der Waals surface area contributed by atoms with Crippen LogP contribution in [0.3, 0.4) is 0 Å². The molecule has 258 valence electrons. The predicted molar refractivity (Wildman–Crippen MR) is 236 cm³/mol. The standard InChI is InChI=1S/C50H32N3PSe/c55-54(41-13-3-1-4-14-41,42-15-5-2-6-16-42)43-22-19-36-26-35(17-18-37(36)27-43)38-21-24-48-45(29-38)44-28-33-10-7-8-11-34(33)30-46(44)50-52-47-23-20-39(31-49(47)53(48)50)40-12-9-25-51-32-40/h1-32H. The van der Waals surface area contributed by atoms with E-state index < -0.39 is 5.51 Å². The van der Waals surface area contributed by atoms with E-state index in [1.54, 1.807) is 0 Å². The third-order valence-electron chi connectivity index (χ3n) is 11.1. The number of hydrogen-bond donors (Lipinski definition) is 0. The van der Waals surface area contributed by atoms with Crippen molar-refractivity contribution < 1.29 is 0 Å². The molecule has 3 heterocycles. The Morgan fingerprint density at radius 2 is 1.04 bits per heavy atom. The van der Waals surface area contributed by atoms with Crippen molar-refractivity contribution in [2.75, 3.05) is 0 Å². The average Bonchev–Trinajstić information content (AvgIpc) is 3.65. The third-order valence-corrected chi connectivity index (χ3v) is 18.1. The molecule has 0 fully saturated rings. The van der Waals surface area contributed by atoms with Gasteiger partial charge in [0.15, 0.2) is 0 Å². The summed E-state index contributed by atoms with van der Waals surface area (Å²) in [5.74, 6) is 0. The van der Waals surface area contributed by atoms with Crippen molar-refractivity contribution in [1.82, 2.24) is 14.4 Å². The molecule has 55 heavy (non-hydrogen) atoms. The van der Waals surface area contributed by atoms with Gasteiger partial charge in [-0.2, -0.15) is 0 Å². The number of benzene rings is 8. The molecule has 0 aliphatic heterocycles. The number of hydrogen-bond acceptors (Lipinski definition) is 2. The van der Waals surface area contributed by atoms with E-state index in [9.17, 15) is 0 Å². The molecule has 0 unspecified atom stereocenters. The molecule has 11 aromatic rings. The molecule has 0 radical (unpaired) electrons. The van der Waals surface area contributed by atoms with Crippen LogP contribution in [0.5, 0.6) is 0 Å². The van der Waals surface area contributed by atoms with Crippen molar-refractivity contribution in [2.45, 2.75) is 0 Å². The molecule has 0 saturated carbocycles. The monoisotopic (exact) mass is 785 g/mol. The number of imidazole rings is 1. The maximum absolute atomic E-state index is 5.26. The Kier molecular flexibility index (Phi) is 7.47. The summed E-state index contributed by atoms with van der Waals surface area (Å²) in [5.41, 5.74) is 6.81. The van der Waals surface area contributed by atoms with Crippen LogP contribution in [-0.2, 0) is 0 Å². The van der Waals surface area contributed by atoms with Gasteiger partial charge in [-0.15, -0.1) is 0 Å². The van der Waals surface area contributed by atoms with Crippen LogP contribution in [0.25, 0.3) is 82.2 Å². The predicted octanol–water partition coefficient (Wildman–Crippen LogP) is 11.2. The summed E-state index contributed by atoms with van der Waals surface area (Å²) in [5, 5.41) is 12.5. The first-order valence-corrected chi connectivity index (χ1v) is 22.5. The molecule has 3 nitrogen and oxygen atoms in total. The summed E-state index contributed by atoms with van der Waals surface area (Å²) in [6, 6.07) is 66.6. The van der Waals surface area contributed by atoms with Gasteiger partial charge >= 0.3 is 206 Å². The van der Waals surface area contributed by atoms with E-state index in [0.29, 0.717) is 0 Å². The first-order chi connectivity index (χ1) is 27.1. The summed E-state index contributed by atoms with van der Waals surface area (Å²) in [4.78, 5) is 9.65. The first kappa shape index (κ1) is 32.3. The van der Waals surface area contributed by atoms with E-state index in [-0.39, 0.29) is 0 Å². The Labute approximate surface area is 325 Å². The Bertz CT molecular complexity index is 3300. The molecule has 0 aliphatic rings. The fourth-order valence-corrected chi connectivity index (χ4v) is 13.2. The molecule has 11 rings (SSSR count). The molecule has 0 atom stereocenters. The van der Waals surface area contributed by atoms with Crippen LogP contribution in [0.2, 0.25) is 0 Å². The topological polar surface area (TPSA) is 30.2 Å². The van der Waals surface area contributed by atoms with Gasteiger partial charge < -0.3 is 0 Å². The van der Waals surface area contributed by atoms with Gasteiger partial charge in [0.05, 0.1) is 11.0 Å². The van der Waals surface area contributed by atoms with Crippen LogP contribution in [-0.4, -0.2) is 29.5 Å². The van der Waals surface area contributed by atoms with Crippen LogP contribution in [0.4, 0.5) is 0 Å². The minimum atomic E-state index is -1.96. The van der Waals surface area contributed by atoms with Gasteiger partial charge in [0, 0.05) is 18.0 Å². The summed E-state index contributed by atoms with van der Waals surface area (Å²) < 4.78 is 2.35. The van der Waals surface area contributed by atoms with Gasteiger partial charge in [-0.25, -0.2) is 4.98 Å². The van der Waals surface area contributed by atoms with Gasteiger partial charge in [-0.3, -0.25) is 4.98 Å². The number of aromatic nitrogens is 3. The second kappa shape index (κ2) is 12.7. The molecule has 5 heteroatoms. The van der Waals surface area contributed by atoms with E-state index >= 15 is 0 Å². The zero-order chi connectivity index (χ0) is 36.5. The van der Waals surface area contributed by atoms with Gasteiger partial charge in [-0.05, 0) is 40.6 Å². The zero-order valence-electron chi connectivity index (χ0n) is 29.7. The second-order valence-corrected chi connectivity index (χ2v) is 20.4. The van der Waals surface area contributed by atoms with E-state index in [1.807, 2.05) is 18.5 Å². The summed E-state index contributed by atoms with van der Waals surface area (Å²) in [6.07, 6.45) is 3.74. The van der Waals surface area contributed by atoms with Crippen molar-refractivity contribution in [3.8, 4) is 22.3 Å². The van der Waals surface area contributed by atoms with Gasteiger partial charge in [0.1, 0.15) is 5.65 Å². The van der Waals surface area contributed by atoms with E-state index in [2.05, 4.69) is 200 Å². The summed E-state index contributed by atoms with van der Waals surface area (Å²) in [6.45, 7) is 0. The third kappa shape index (κ3) is 5.22. The second-order valence-electron chi connectivity index (χ2n) is 14.2. The molecule has 0 saturated heterocycles. The molecule has 0 amide bonds. The van der Waals surface area contributed by atoms with E-state index in [4.69, 9.17) is 4.98 Å². The zero-order valence-corrected chi connectivity index (χ0v) is 32.3. The fourth-order valence-electron chi connectivity index (χ4n) is 8.32. The minimum absolute atomic E-state index is 0.971. The SMILES string of the molecule is [Se]=P(c1ccccc1)(c1ccccc1)c1ccc2cc(-c3ccc4c(c3)c3cc5ccccc5cc3c3nc5ccc(-c6cccnc6)cc5n43)ccc2c1. The van der Waals surface area contributed by atoms with Crippen molar-refractivity contribution in [3.63, 3.8) is 0 Å². The van der Waals surface area contributed by atoms with Crippen LogP contribution in [0, 0.1) is 0 Å². The van der Waals surface area contributed by atoms with E-state index in [0.717, 1.165) is 38.7 Å². The normalized spacial score (nSPS) is 12.1. The van der Waals surface area contributed by atoms with Crippen LogP contribution in [0.15, 0.2) is 194 Å². The molecular formula is C50H32N3PSe.